The molecule has 0 fully saturated rings. The maximum Gasteiger partial charge on any atom is 0.127 e. The van der Waals surface area contributed by atoms with E-state index >= 15 is 0 Å². The highest BCUT2D eigenvalue weighted by Crippen LogP contribution is 2.20. The minimum Gasteiger partial charge on any atom is -0.330 e. The molecule has 0 radical (unpaired) electrons. The molecule has 1 atom stereocenters. The van der Waals surface area contributed by atoms with Gasteiger partial charge in [0, 0.05) is 11.6 Å². The summed E-state index contributed by atoms with van der Waals surface area (Å²) in [5.41, 5.74) is 12.9. The van der Waals surface area contributed by atoms with Crippen LogP contribution in [-0.2, 0) is 0 Å². The fourth-order valence-electron chi connectivity index (χ4n) is 1.44. The smallest absolute Gasteiger partial charge is 0.127 e. The van der Waals surface area contributed by atoms with Crippen LogP contribution in [0.15, 0.2) is 18.2 Å². The Morgan fingerprint density at radius 2 is 2.07 bits per heavy atom. The topological polar surface area (TPSA) is 52.0 Å². The van der Waals surface area contributed by atoms with E-state index in [0.29, 0.717) is 12.1 Å². The highest BCUT2D eigenvalue weighted by Gasteiger charge is 2.10. The van der Waals surface area contributed by atoms with Crippen LogP contribution in [0.5, 0.6) is 0 Å². The molecular weight excluding hydrogens is 215 g/mol. The van der Waals surface area contributed by atoms with E-state index in [1.54, 1.807) is 12.1 Å². The second-order valence-electron chi connectivity index (χ2n) is 3.56. The number of hydrogen-bond acceptors (Lipinski definition) is 2. The molecule has 1 aromatic rings. The SMILES string of the molecule is Cc1ccc(F)c([C@@H](N)CCCN)c1.Cl. The lowest BCUT2D eigenvalue weighted by Gasteiger charge is -2.12. The quantitative estimate of drug-likeness (QED) is 0.837. The van der Waals surface area contributed by atoms with Gasteiger partial charge in [-0.1, -0.05) is 17.7 Å². The van der Waals surface area contributed by atoms with Crippen LogP contribution in [0.25, 0.3) is 0 Å². The molecule has 0 spiro atoms. The molecule has 0 saturated carbocycles. The average molecular weight is 233 g/mol. The maximum absolute atomic E-state index is 13.3. The third-order valence-electron chi connectivity index (χ3n) is 2.27. The van der Waals surface area contributed by atoms with Crippen LogP contribution in [0.1, 0.15) is 30.0 Å². The van der Waals surface area contributed by atoms with Crippen molar-refractivity contribution < 1.29 is 4.39 Å². The molecular formula is C11H18ClFN2. The first kappa shape index (κ1) is 14.4. The number of benzene rings is 1. The molecule has 0 saturated heterocycles. The Morgan fingerprint density at radius 3 is 2.67 bits per heavy atom. The van der Waals surface area contributed by atoms with Gasteiger partial charge in [-0.25, -0.2) is 4.39 Å². The molecule has 0 amide bonds. The number of nitrogens with two attached hydrogens (primary N) is 2. The van der Waals surface area contributed by atoms with E-state index in [1.165, 1.54) is 6.07 Å². The van der Waals surface area contributed by atoms with E-state index in [-0.39, 0.29) is 24.3 Å². The van der Waals surface area contributed by atoms with Gasteiger partial charge in [-0.3, -0.25) is 0 Å². The van der Waals surface area contributed by atoms with E-state index in [4.69, 9.17) is 11.5 Å². The molecule has 0 heterocycles. The van der Waals surface area contributed by atoms with Gasteiger partial charge in [-0.2, -0.15) is 0 Å². The molecule has 86 valence electrons. The van der Waals surface area contributed by atoms with E-state index in [1.807, 2.05) is 6.92 Å². The maximum atomic E-state index is 13.3. The van der Waals surface area contributed by atoms with Crippen LogP contribution in [0.3, 0.4) is 0 Å². The summed E-state index contributed by atoms with van der Waals surface area (Å²) in [4.78, 5) is 0. The first-order valence-corrected chi connectivity index (χ1v) is 4.87. The van der Waals surface area contributed by atoms with Crippen molar-refractivity contribution in [3.05, 3.63) is 35.1 Å². The molecule has 4 heteroatoms. The second-order valence-corrected chi connectivity index (χ2v) is 3.56. The van der Waals surface area contributed by atoms with Gasteiger partial charge in [0.1, 0.15) is 5.82 Å². The number of aryl methyl sites for hydroxylation is 1. The van der Waals surface area contributed by atoms with Gasteiger partial charge in [0.05, 0.1) is 0 Å². The summed E-state index contributed by atoms with van der Waals surface area (Å²) in [6.45, 7) is 2.53. The fraction of sp³-hybridized carbons (Fsp3) is 0.455. The Labute approximate surface area is 96.3 Å². The molecule has 0 aliphatic heterocycles. The van der Waals surface area contributed by atoms with Gasteiger partial charge in [0.2, 0.25) is 0 Å². The molecule has 2 nitrogen and oxygen atoms in total. The van der Waals surface area contributed by atoms with Gasteiger partial charge >= 0.3 is 0 Å². The average Bonchev–Trinajstić information content (AvgIpc) is 2.18. The highest BCUT2D eigenvalue weighted by atomic mass is 35.5. The van der Waals surface area contributed by atoms with Crippen LogP contribution in [0, 0.1) is 12.7 Å². The number of hydrogen-bond donors (Lipinski definition) is 2. The van der Waals surface area contributed by atoms with Crippen LogP contribution in [0.2, 0.25) is 0 Å². The zero-order valence-electron chi connectivity index (χ0n) is 8.87. The lowest BCUT2D eigenvalue weighted by molar-refractivity contribution is 0.553. The largest absolute Gasteiger partial charge is 0.330 e. The Hall–Kier alpha value is -0.640. The first-order chi connectivity index (χ1) is 6.65. The van der Waals surface area contributed by atoms with Crippen LogP contribution in [0.4, 0.5) is 4.39 Å². The van der Waals surface area contributed by atoms with Crippen molar-refractivity contribution in [2.75, 3.05) is 6.54 Å². The van der Waals surface area contributed by atoms with E-state index < -0.39 is 0 Å². The van der Waals surface area contributed by atoms with Crippen molar-refractivity contribution in [2.45, 2.75) is 25.8 Å². The van der Waals surface area contributed by atoms with E-state index in [0.717, 1.165) is 18.4 Å². The van der Waals surface area contributed by atoms with Crippen LogP contribution in [-0.4, -0.2) is 6.54 Å². The highest BCUT2D eigenvalue weighted by molar-refractivity contribution is 5.85. The minimum absolute atomic E-state index is 0. The van der Waals surface area contributed by atoms with Crippen molar-refractivity contribution in [1.29, 1.82) is 0 Å². The summed E-state index contributed by atoms with van der Waals surface area (Å²) in [5, 5.41) is 0. The van der Waals surface area contributed by atoms with Gasteiger partial charge in [0.15, 0.2) is 0 Å². The third-order valence-corrected chi connectivity index (χ3v) is 2.27. The predicted molar refractivity (Wildman–Crippen MR) is 63.6 cm³/mol. The summed E-state index contributed by atoms with van der Waals surface area (Å²) in [6, 6.07) is 4.77. The van der Waals surface area contributed by atoms with Gasteiger partial charge in [0.25, 0.3) is 0 Å². The molecule has 1 rings (SSSR count). The first-order valence-electron chi connectivity index (χ1n) is 4.87. The number of halogens is 2. The van der Waals surface area contributed by atoms with Crippen LogP contribution >= 0.6 is 12.4 Å². The monoisotopic (exact) mass is 232 g/mol. The van der Waals surface area contributed by atoms with Crippen LogP contribution < -0.4 is 11.5 Å². The van der Waals surface area contributed by atoms with Gasteiger partial charge < -0.3 is 11.5 Å². The Bertz CT molecular complexity index is 305. The Kier molecular flexibility index (Phi) is 6.48. The standard InChI is InChI=1S/C11H17FN2.ClH/c1-8-4-5-10(12)9(7-8)11(14)3-2-6-13;/h4-5,7,11H,2-3,6,13-14H2,1H3;1H/t11-;/m0./s1. The minimum atomic E-state index is -0.238. The molecule has 0 aliphatic carbocycles. The van der Waals surface area contributed by atoms with Crippen molar-refractivity contribution in [3.8, 4) is 0 Å². The van der Waals surface area contributed by atoms with E-state index in [2.05, 4.69) is 0 Å². The second kappa shape index (κ2) is 6.77. The summed E-state index contributed by atoms with van der Waals surface area (Å²) < 4.78 is 13.3. The number of rotatable bonds is 4. The van der Waals surface area contributed by atoms with Crippen molar-refractivity contribution >= 4 is 12.4 Å². The summed E-state index contributed by atoms with van der Waals surface area (Å²) in [5.74, 6) is -0.222. The Balaban J connectivity index is 0.00000196. The summed E-state index contributed by atoms with van der Waals surface area (Å²) >= 11 is 0. The lowest BCUT2D eigenvalue weighted by atomic mass is 10.0. The van der Waals surface area contributed by atoms with Gasteiger partial charge in [-0.15, -0.1) is 12.4 Å². The molecule has 4 N–H and O–H groups in total. The molecule has 0 aromatic heterocycles. The van der Waals surface area contributed by atoms with Crippen molar-refractivity contribution in [3.63, 3.8) is 0 Å². The van der Waals surface area contributed by atoms with E-state index in [9.17, 15) is 4.39 Å². The third kappa shape index (κ3) is 4.16. The zero-order valence-corrected chi connectivity index (χ0v) is 9.69. The normalized spacial score (nSPS) is 12.0. The fourth-order valence-corrected chi connectivity index (χ4v) is 1.44. The molecule has 1 aromatic carbocycles. The molecule has 0 aliphatic rings. The Morgan fingerprint density at radius 1 is 1.40 bits per heavy atom. The van der Waals surface area contributed by atoms with Crippen molar-refractivity contribution in [2.24, 2.45) is 11.5 Å². The summed E-state index contributed by atoms with van der Waals surface area (Å²) in [6.07, 6.45) is 1.56. The van der Waals surface area contributed by atoms with Crippen molar-refractivity contribution in [1.82, 2.24) is 0 Å². The lowest BCUT2D eigenvalue weighted by Crippen LogP contribution is -2.14. The summed E-state index contributed by atoms with van der Waals surface area (Å²) in [7, 11) is 0. The molecule has 0 unspecified atom stereocenters. The molecule has 15 heavy (non-hydrogen) atoms. The van der Waals surface area contributed by atoms with Gasteiger partial charge in [-0.05, 0) is 32.4 Å². The predicted octanol–water partition coefficient (Wildman–Crippen LogP) is 2.29. The molecule has 0 bridgehead atoms. The zero-order chi connectivity index (χ0) is 10.6.